The highest BCUT2D eigenvalue weighted by Crippen LogP contribution is 2.28. The zero-order chi connectivity index (χ0) is 14.1. The van der Waals surface area contributed by atoms with Gasteiger partial charge in [0, 0.05) is 12.5 Å². The SMILES string of the molecule is CC(=O)ONC1=CCc2c(ccc3ccccc23)C1=O. The Labute approximate surface area is 116 Å². The lowest BCUT2D eigenvalue weighted by molar-refractivity contribution is -0.146. The van der Waals surface area contributed by atoms with Gasteiger partial charge >= 0.3 is 5.97 Å². The Morgan fingerprint density at radius 2 is 2.00 bits per heavy atom. The molecule has 2 aromatic rings. The third-order valence-electron chi connectivity index (χ3n) is 3.34. The minimum Gasteiger partial charge on any atom is -0.344 e. The Hall–Kier alpha value is -2.62. The van der Waals surface area contributed by atoms with E-state index in [-0.39, 0.29) is 5.78 Å². The van der Waals surface area contributed by atoms with Gasteiger partial charge in [-0.1, -0.05) is 36.4 Å². The average molecular weight is 267 g/mol. The van der Waals surface area contributed by atoms with Crippen molar-refractivity contribution in [2.75, 3.05) is 0 Å². The Morgan fingerprint density at radius 3 is 2.80 bits per heavy atom. The van der Waals surface area contributed by atoms with Gasteiger partial charge < -0.3 is 4.84 Å². The number of nitrogens with one attached hydrogen (secondary N) is 1. The molecule has 0 saturated heterocycles. The third kappa shape index (κ3) is 2.05. The van der Waals surface area contributed by atoms with Gasteiger partial charge in [-0.05, 0) is 28.8 Å². The monoisotopic (exact) mass is 267 g/mol. The van der Waals surface area contributed by atoms with Crippen LogP contribution in [-0.4, -0.2) is 11.8 Å². The molecule has 4 nitrogen and oxygen atoms in total. The van der Waals surface area contributed by atoms with Gasteiger partial charge in [-0.3, -0.25) is 9.59 Å². The summed E-state index contributed by atoms with van der Waals surface area (Å²) in [5.74, 6) is -0.638. The number of ketones is 1. The standard InChI is InChI=1S/C16H13NO3/c1-10(18)20-17-15-9-8-13-12-5-3-2-4-11(12)6-7-14(13)16(15)19/h2-7,9,17H,8H2,1H3. The fraction of sp³-hybridized carbons (Fsp3) is 0.125. The molecule has 0 bridgehead atoms. The van der Waals surface area contributed by atoms with Crippen molar-refractivity contribution in [2.24, 2.45) is 0 Å². The van der Waals surface area contributed by atoms with Gasteiger partial charge in [0.1, 0.15) is 5.70 Å². The smallest absolute Gasteiger partial charge is 0.329 e. The van der Waals surface area contributed by atoms with Crippen LogP contribution in [0.2, 0.25) is 0 Å². The summed E-state index contributed by atoms with van der Waals surface area (Å²) in [6, 6.07) is 11.7. The zero-order valence-corrected chi connectivity index (χ0v) is 11.0. The van der Waals surface area contributed by atoms with Gasteiger partial charge in [0.05, 0.1) is 0 Å². The van der Waals surface area contributed by atoms with Crippen molar-refractivity contribution in [3.8, 4) is 0 Å². The number of hydrogen-bond acceptors (Lipinski definition) is 4. The topological polar surface area (TPSA) is 55.4 Å². The zero-order valence-electron chi connectivity index (χ0n) is 11.0. The summed E-state index contributed by atoms with van der Waals surface area (Å²) in [6.45, 7) is 1.28. The van der Waals surface area contributed by atoms with E-state index in [1.807, 2.05) is 36.4 Å². The lowest BCUT2D eigenvalue weighted by Crippen LogP contribution is -2.26. The normalized spacial score (nSPS) is 13.7. The lowest BCUT2D eigenvalue weighted by atomic mass is 9.89. The van der Waals surface area contributed by atoms with Crippen LogP contribution >= 0.6 is 0 Å². The molecule has 0 amide bonds. The van der Waals surface area contributed by atoms with E-state index in [1.54, 1.807) is 6.08 Å². The maximum absolute atomic E-state index is 12.4. The molecular weight excluding hydrogens is 254 g/mol. The van der Waals surface area contributed by atoms with Crippen molar-refractivity contribution in [1.29, 1.82) is 0 Å². The van der Waals surface area contributed by atoms with E-state index >= 15 is 0 Å². The first-order chi connectivity index (χ1) is 9.66. The molecule has 100 valence electrons. The van der Waals surface area contributed by atoms with E-state index in [2.05, 4.69) is 10.3 Å². The fourth-order valence-electron chi connectivity index (χ4n) is 2.43. The van der Waals surface area contributed by atoms with Gasteiger partial charge in [0.25, 0.3) is 0 Å². The lowest BCUT2D eigenvalue weighted by Gasteiger charge is -2.18. The van der Waals surface area contributed by atoms with Crippen LogP contribution < -0.4 is 5.48 Å². The van der Waals surface area contributed by atoms with Crippen molar-refractivity contribution in [3.05, 3.63) is 59.3 Å². The molecule has 0 fully saturated rings. The van der Waals surface area contributed by atoms with Gasteiger partial charge in [0.15, 0.2) is 0 Å². The van der Waals surface area contributed by atoms with Gasteiger partial charge in [0.2, 0.25) is 5.78 Å². The molecule has 0 unspecified atom stereocenters. The average Bonchev–Trinajstić information content (AvgIpc) is 2.46. The molecule has 0 aliphatic heterocycles. The minimum atomic E-state index is -0.483. The number of carbonyl (C=O) groups is 2. The molecule has 1 aliphatic rings. The second-order valence-corrected chi connectivity index (χ2v) is 4.66. The molecule has 4 heteroatoms. The van der Waals surface area contributed by atoms with Gasteiger partial charge in [-0.25, -0.2) is 5.48 Å². The summed E-state index contributed by atoms with van der Waals surface area (Å²) in [6.07, 6.45) is 2.38. The number of Topliss-reactive ketones (excluding diaryl/α,β-unsaturated/α-hetero) is 1. The molecule has 0 aromatic heterocycles. The molecule has 1 N–H and O–H groups in total. The summed E-state index contributed by atoms with van der Waals surface area (Å²) in [5.41, 5.74) is 4.40. The largest absolute Gasteiger partial charge is 0.344 e. The molecule has 2 aromatic carbocycles. The summed E-state index contributed by atoms with van der Waals surface area (Å²) in [4.78, 5) is 27.8. The molecule has 0 radical (unpaired) electrons. The minimum absolute atomic E-state index is 0.154. The molecule has 1 aliphatic carbocycles. The number of hydroxylamine groups is 1. The first-order valence-corrected chi connectivity index (χ1v) is 6.36. The number of benzene rings is 2. The van der Waals surface area contributed by atoms with Crippen molar-refractivity contribution in [2.45, 2.75) is 13.3 Å². The molecule has 0 saturated carbocycles. The Kier molecular flexibility index (Phi) is 2.99. The van der Waals surface area contributed by atoms with Gasteiger partial charge in [-0.2, -0.15) is 0 Å². The molecule has 0 atom stereocenters. The number of fused-ring (bicyclic) bond motifs is 3. The summed E-state index contributed by atoms with van der Waals surface area (Å²) < 4.78 is 0. The fourth-order valence-corrected chi connectivity index (χ4v) is 2.43. The summed E-state index contributed by atoms with van der Waals surface area (Å²) >= 11 is 0. The maximum Gasteiger partial charge on any atom is 0.329 e. The van der Waals surface area contributed by atoms with Crippen LogP contribution in [0.25, 0.3) is 10.8 Å². The van der Waals surface area contributed by atoms with Crippen LogP contribution in [0.4, 0.5) is 0 Å². The number of hydrogen-bond donors (Lipinski definition) is 1. The van der Waals surface area contributed by atoms with E-state index in [0.29, 0.717) is 17.7 Å². The number of carbonyl (C=O) groups excluding carboxylic acids is 2. The first kappa shape index (κ1) is 12.4. The van der Waals surface area contributed by atoms with Crippen LogP contribution in [-0.2, 0) is 16.1 Å². The van der Waals surface area contributed by atoms with Crippen LogP contribution in [0, 0.1) is 0 Å². The number of allylic oxidation sites excluding steroid dienone is 2. The quantitative estimate of drug-likeness (QED) is 0.849. The third-order valence-corrected chi connectivity index (χ3v) is 3.34. The first-order valence-electron chi connectivity index (χ1n) is 6.36. The van der Waals surface area contributed by atoms with E-state index in [0.717, 1.165) is 16.3 Å². The predicted molar refractivity (Wildman–Crippen MR) is 75.0 cm³/mol. The molecule has 0 heterocycles. The van der Waals surface area contributed by atoms with Crippen LogP contribution in [0.5, 0.6) is 0 Å². The second-order valence-electron chi connectivity index (χ2n) is 4.66. The van der Waals surface area contributed by atoms with E-state index < -0.39 is 5.97 Å². The highest BCUT2D eigenvalue weighted by Gasteiger charge is 2.22. The highest BCUT2D eigenvalue weighted by atomic mass is 16.7. The Morgan fingerprint density at radius 1 is 1.20 bits per heavy atom. The van der Waals surface area contributed by atoms with Crippen LogP contribution in [0.1, 0.15) is 22.8 Å². The number of rotatable bonds is 2. The van der Waals surface area contributed by atoms with Crippen LogP contribution in [0.3, 0.4) is 0 Å². The Balaban J connectivity index is 2.00. The van der Waals surface area contributed by atoms with E-state index in [1.165, 1.54) is 6.92 Å². The highest BCUT2D eigenvalue weighted by molar-refractivity contribution is 6.13. The summed E-state index contributed by atoms with van der Waals surface area (Å²) in [5, 5.41) is 2.20. The van der Waals surface area contributed by atoms with Crippen molar-refractivity contribution >= 4 is 22.5 Å². The van der Waals surface area contributed by atoms with Crippen molar-refractivity contribution < 1.29 is 14.4 Å². The van der Waals surface area contributed by atoms with Gasteiger partial charge in [-0.15, -0.1) is 0 Å². The predicted octanol–water partition coefficient (Wildman–Crippen LogP) is 2.53. The van der Waals surface area contributed by atoms with Crippen molar-refractivity contribution in [1.82, 2.24) is 5.48 Å². The van der Waals surface area contributed by atoms with Crippen LogP contribution in [0.15, 0.2) is 48.2 Å². The Bertz CT molecular complexity index is 746. The molecule has 20 heavy (non-hydrogen) atoms. The summed E-state index contributed by atoms with van der Waals surface area (Å²) in [7, 11) is 0. The van der Waals surface area contributed by atoms with Crippen molar-refractivity contribution in [3.63, 3.8) is 0 Å². The molecule has 3 rings (SSSR count). The maximum atomic E-state index is 12.4. The second kappa shape index (κ2) is 4.81. The molecular formula is C16H13NO3. The molecule has 0 spiro atoms. The van der Waals surface area contributed by atoms with E-state index in [9.17, 15) is 9.59 Å². The van der Waals surface area contributed by atoms with E-state index in [4.69, 9.17) is 0 Å².